The highest BCUT2D eigenvalue weighted by Gasteiger charge is 2.14. The first kappa shape index (κ1) is 18.6. The first-order valence-corrected chi connectivity index (χ1v) is 10.0. The summed E-state index contributed by atoms with van der Waals surface area (Å²) in [7, 11) is -3.65. The van der Waals surface area contributed by atoms with Crippen LogP contribution in [0.4, 0.5) is 11.8 Å². The van der Waals surface area contributed by atoms with Gasteiger partial charge in [0, 0.05) is 31.4 Å². The lowest BCUT2D eigenvalue weighted by molar-refractivity contribution is 0.122. The number of nitrogens with two attached hydrogens (primary N) is 1. The number of aryl methyl sites for hydroxylation is 1. The number of sulfonamides is 1. The van der Waals surface area contributed by atoms with Crippen molar-refractivity contribution < 1.29 is 13.2 Å². The fourth-order valence-electron chi connectivity index (χ4n) is 2.75. The zero-order valence-electron chi connectivity index (χ0n) is 14.7. The molecule has 1 aliphatic rings. The minimum Gasteiger partial charge on any atom is -0.378 e. The fourth-order valence-corrected chi connectivity index (χ4v) is 3.27. The molecule has 1 aromatic heterocycles. The van der Waals surface area contributed by atoms with Crippen molar-refractivity contribution in [3.63, 3.8) is 0 Å². The van der Waals surface area contributed by atoms with Gasteiger partial charge in [-0.1, -0.05) is 12.1 Å². The van der Waals surface area contributed by atoms with Gasteiger partial charge in [0.25, 0.3) is 0 Å². The second kappa shape index (κ2) is 7.98. The van der Waals surface area contributed by atoms with Crippen molar-refractivity contribution in [3.8, 4) is 0 Å². The summed E-state index contributed by atoms with van der Waals surface area (Å²) in [6.07, 6.45) is 0.717. The predicted octanol–water partition coefficient (Wildman–Crippen LogP) is 0.924. The standard InChI is InChI=1S/C17H23N5O3S/c1-13-12-16(22-8-10-25-11-9-22)21-17(20-13)19-7-6-14-2-4-15(5-3-14)26(18,23)24/h2-5,12H,6-11H2,1H3,(H2,18,23,24)(H,19,20,21). The maximum atomic E-state index is 11.3. The van der Waals surface area contributed by atoms with Crippen LogP contribution in [0.15, 0.2) is 35.2 Å². The number of ether oxygens (including phenoxy) is 1. The van der Waals surface area contributed by atoms with Crippen LogP contribution in [0.1, 0.15) is 11.3 Å². The van der Waals surface area contributed by atoms with Crippen LogP contribution in [-0.4, -0.2) is 51.2 Å². The summed E-state index contributed by atoms with van der Waals surface area (Å²) in [6.45, 7) is 5.66. The van der Waals surface area contributed by atoms with Gasteiger partial charge in [-0.2, -0.15) is 4.98 Å². The summed E-state index contributed by atoms with van der Waals surface area (Å²) in [5.41, 5.74) is 1.91. The molecule has 0 radical (unpaired) electrons. The van der Waals surface area contributed by atoms with E-state index in [9.17, 15) is 8.42 Å². The van der Waals surface area contributed by atoms with Crippen LogP contribution in [0, 0.1) is 6.92 Å². The van der Waals surface area contributed by atoms with Gasteiger partial charge >= 0.3 is 0 Å². The molecule has 0 amide bonds. The van der Waals surface area contributed by atoms with Gasteiger partial charge in [0.2, 0.25) is 16.0 Å². The van der Waals surface area contributed by atoms with E-state index in [4.69, 9.17) is 9.88 Å². The van der Waals surface area contributed by atoms with E-state index in [0.717, 1.165) is 36.6 Å². The molecular weight excluding hydrogens is 354 g/mol. The topological polar surface area (TPSA) is 110 Å². The Hall–Kier alpha value is -2.23. The van der Waals surface area contributed by atoms with E-state index in [1.807, 2.05) is 13.0 Å². The van der Waals surface area contributed by atoms with Crippen molar-refractivity contribution >= 4 is 21.8 Å². The Morgan fingerprint density at radius 3 is 2.54 bits per heavy atom. The molecule has 8 nitrogen and oxygen atoms in total. The van der Waals surface area contributed by atoms with Gasteiger partial charge < -0.3 is 15.0 Å². The lowest BCUT2D eigenvalue weighted by Gasteiger charge is -2.28. The van der Waals surface area contributed by atoms with Gasteiger partial charge in [-0.25, -0.2) is 18.5 Å². The molecule has 0 saturated carbocycles. The Bertz CT molecular complexity index is 849. The molecule has 0 aliphatic carbocycles. The Morgan fingerprint density at radius 1 is 1.19 bits per heavy atom. The Balaban J connectivity index is 1.60. The average molecular weight is 377 g/mol. The molecule has 140 valence electrons. The molecule has 0 spiro atoms. The third-order valence-electron chi connectivity index (χ3n) is 4.12. The van der Waals surface area contributed by atoms with E-state index in [1.54, 1.807) is 12.1 Å². The maximum Gasteiger partial charge on any atom is 0.238 e. The number of morpholine rings is 1. The Labute approximate surface area is 153 Å². The fraction of sp³-hybridized carbons (Fsp3) is 0.412. The van der Waals surface area contributed by atoms with Crippen molar-refractivity contribution in [2.75, 3.05) is 43.1 Å². The van der Waals surface area contributed by atoms with Crippen LogP contribution in [0.3, 0.4) is 0 Å². The van der Waals surface area contributed by atoms with Crippen LogP contribution in [-0.2, 0) is 21.2 Å². The Morgan fingerprint density at radius 2 is 1.88 bits per heavy atom. The van der Waals surface area contributed by atoms with Gasteiger partial charge in [0.15, 0.2) is 0 Å². The molecule has 1 aliphatic heterocycles. The average Bonchev–Trinajstić information content (AvgIpc) is 2.62. The molecule has 2 aromatic rings. The minimum atomic E-state index is -3.65. The molecule has 26 heavy (non-hydrogen) atoms. The first-order chi connectivity index (χ1) is 12.4. The van der Waals surface area contributed by atoms with Crippen molar-refractivity contribution in [1.82, 2.24) is 9.97 Å². The molecule has 3 N–H and O–H groups in total. The largest absolute Gasteiger partial charge is 0.378 e. The number of hydrogen-bond acceptors (Lipinski definition) is 7. The number of hydrogen-bond donors (Lipinski definition) is 2. The SMILES string of the molecule is Cc1cc(N2CCOCC2)nc(NCCc2ccc(S(N)(=O)=O)cc2)n1. The van der Waals surface area contributed by atoms with Gasteiger partial charge in [0.05, 0.1) is 18.1 Å². The van der Waals surface area contributed by atoms with Crippen LogP contribution in [0.5, 0.6) is 0 Å². The quantitative estimate of drug-likeness (QED) is 0.770. The minimum absolute atomic E-state index is 0.117. The van der Waals surface area contributed by atoms with E-state index in [0.29, 0.717) is 25.7 Å². The third-order valence-corrected chi connectivity index (χ3v) is 5.05. The molecular formula is C17H23N5O3S. The number of aromatic nitrogens is 2. The van der Waals surface area contributed by atoms with Crippen molar-refractivity contribution in [2.24, 2.45) is 5.14 Å². The van der Waals surface area contributed by atoms with Gasteiger partial charge in [-0.3, -0.25) is 0 Å². The molecule has 9 heteroatoms. The molecule has 3 rings (SSSR count). The smallest absolute Gasteiger partial charge is 0.238 e. The number of benzene rings is 1. The second-order valence-corrected chi connectivity index (χ2v) is 7.72. The van der Waals surface area contributed by atoms with E-state index in [-0.39, 0.29) is 4.90 Å². The Kier molecular flexibility index (Phi) is 5.70. The normalized spacial score (nSPS) is 15.1. The first-order valence-electron chi connectivity index (χ1n) is 8.46. The lowest BCUT2D eigenvalue weighted by atomic mass is 10.1. The van der Waals surface area contributed by atoms with Crippen molar-refractivity contribution in [3.05, 3.63) is 41.6 Å². The number of nitrogens with one attached hydrogen (secondary N) is 1. The molecule has 1 fully saturated rings. The molecule has 0 unspecified atom stereocenters. The molecule has 0 bridgehead atoms. The predicted molar refractivity (Wildman–Crippen MR) is 99.8 cm³/mol. The van der Waals surface area contributed by atoms with E-state index in [1.165, 1.54) is 12.1 Å². The lowest BCUT2D eigenvalue weighted by Crippen LogP contribution is -2.37. The summed E-state index contributed by atoms with van der Waals surface area (Å²) in [4.78, 5) is 11.3. The number of nitrogens with zero attached hydrogens (tertiary/aromatic N) is 3. The third kappa shape index (κ3) is 4.90. The monoisotopic (exact) mass is 377 g/mol. The zero-order chi connectivity index (χ0) is 18.6. The highest BCUT2D eigenvalue weighted by Crippen LogP contribution is 2.16. The van der Waals surface area contributed by atoms with Crippen LogP contribution in [0.25, 0.3) is 0 Å². The van der Waals surface area contributed by atoms with E-state index >= 15 is 0 Å². The van der Waals surface area contributed by atoms with Gasteiger partial charge in [0.1, 0.15) is 5.82 Å². The number of primary sulfonamides is 1. The maximum absolute atomic E-state index is 11.3. The molecule has 1 aromatic carbocycles. The molecule has 1 saturated heterocycles. The van der Waals surface area contributed by atoms with Crippen LogP contribution < -0.4 is 15.4 Å². The van der Waals surface area contributed by atoms with E-state index < -0.39 is 10.0 Å². The summed E-state index contributed by atoms with van der Waals surface area (Å²) < 4.78 is 27.9. The number of anilines is 2. The number of rotatable bonds is 6. The van der Waals surface area contributed by atoms with Crippen LogP contribution in [0.2, 0.25) is 0 Å². The summed E-state index contributed by atoms with van der Waals surface area (Å²) in [5.74, 6) is 1.49. The zero-order valence-corrected chi connectivity index (χ0v) is 15.5. The molecule has 0 atom stereocenters. The van der Waals surface area contributed by atoms with Crippen molar-refractivity contribution in [1.29, 1.82) is 0 Å². The van der Waals surface area contributed by atoms with Gasteiger partial charge in [-0.15, -0.1) is 0 Å². The highest BCUT2D eigenvalue weighted by molar-refractivity contribution is 7.89. The summed E-state index contributed by atoms with van der Waals surface area (Å²) in [6, 6.07) is 8.53. The highest BCUT2D eigenvalue weighted by atomic mass is 32.2. The van der Waals surface area contributed by atoms with Gasteiger partial charge in [-0.05, 0) is 31.0 Å². The summed E-state index contributed by atoms with van der Waals surface area (Å²) in [5, 5.41) is 8.34. The van der Waals surface area contributed by atoms with Crippen LogP contribution >= 0.6 is 0 Å². The summed E-state index contributed by atoms with van der Waals surface area (Å²) >= 11 is 0. The van der Waals surface area contributed by atoms with Crippen molar-refractivity contribution in [2.45, 2.75) is 18.2 Å². The second-order valence-electron chi connectivity index (χ2n) is 6.16. The van der Waals surface area contributed by atoms with E-state index in [2.05, 4.69) is 20.2 Å². The molecule has 2 heterocycles.